The maximum Gasteiger partial charge on any atom is 0.270 e. The van der Waals surface area contributed by atoms with E-state index in [1.807, 2.05) is 32.9 Å². The molecule has 0 aliphatic heterocycles. The number of hydrogen-bond acceptors (Lipinski definition) is 6. The average molecular weight is 344 g/mol. The van der Waals surface area contributed by atoms with E-state index >= 15 is 0 Å². The molecule has 7 nitrogen and oxygen atoms in total. The van der Waals surface area contributed by atoms with Crippen LogP contribution in [0.5, 0.6) is 11.5 Å². The highest BCUT2D eigenvalue weighted by molar-refractivity contribution is 5.92. The minimum absolute atomic E-state index is 0.185. The summed E-state index contributed by atoms with van der Waals surface area (Å²) >= 11 is 0. The van der Waals surface area contributed by atoms with Gasteiger partial charge in [-0.05, 0) is 44.5 Å². The molecule has 2 aromatic rings. The standard InChI is InChI=1S/C18H24N4O3/c1-11(2)20-18-21-12(3)8-14(22-18)17(23)19-10-13-6-7-15(24-4)16(9-13)25-5/h6-9,11H,10H2,1-5H3,(H,19,23)(H,20,21,22). The van der Waals surface area contributed by atoms with Gasteiger partial charge in [-0.25, -0.2) is 9.97 Å². The van der Waals surface area contributed by atoms with E-state index in [0.717, 1.165) is 11.3 Å². The first-order chi connectivity index (χ1) is 11.9. The number of carbonyl (C=O) groups excluding carboxylic acids is 1. The molecule has 134 valence electrons. The van der Waals surface area contributed by atoms with Gasteiger partial charge in [0.2, 0.25) is 5.95 Å². The first kappa shape index (κ1) is 18.5. The second-order valence-corrected chi connectivity index (χ2v) is 5.89. The Morgan fingerprint density at radius 1 is 1.12 bits per heavy atom. The van der Waals surface area contributed by atoms with Gasteiger partial charge in [0.1, 0.15) is 5.69 Å². The predicted octanol–water partition coefficient (Wildman–Crippen LogP) is 2.55. The van der Waals surface area contributed by atoms with E-state index in [-0.39, 0.29) is 11.9 Å². The van der Waals surface area contributed by atoms with Crippen molar-refractivity contribution >= 4 is 11.9 Å². The number of carbonyl (C=O) groups is 1. The normalized spacial score (nSPS) is 10.5. The molecule has 0 atom stereocenters. The molecular formula is C18H24N4O3. The fourth-order valence-corrected chi connectivity index (χ4v) is 2.27. The molecule has 1 amide bonds. The number of nitrogens with one attached hydrogen (secondary N) is 2. The predicted molar refractivity (Wildman–Crippen MR) is 96.2 cm³/mol. The molecule has 0 fully saturated rings. The molecule has 0 unspecified atom stereocenters. The lowest BCUT2D eigenvalue weighted by atomic mass is 10.2. The Labute approximate surface area is 147 Å². The molecular weight excluding hydrogens is 320 g/mol. The van der Waals surface area contributed by atoms with Crippen molar-refractivity contribution in [2.45, 2.75) is 33.4 Å². The highest BCUT2D eigenvalue weighted by Gasteiger charge is 2.12. The molecule has 0 saturated heterocycles. The molecule has 1 heterocycles. The Balaban J connectivity index is 2.08. The number of rotatable bonds is 7. The average Bonchev–Trinajstić information content (AvgIpc) is 2.58. The van der Waals surface area contributed by atoms with Crippen molar-refractivity contribution in [1.82, 2.24) is 15.3 Å². The summed E-state index contributed by atoms with van der Waals surface area (Å²) < 4.78 is 10.5. The van der Waals surface area contributed by atoms with E-state index < -0.39 is 0 Å². The van der Waals surface area contributed by atoms with Gasteiger partial charge >= 0.3 is 0 Å². The van der Waals surface area contributed by atoms with Gasteiger partial charge in [0.15, 0.2) is 11.5 Å². The lowest BCUT2D eigenvalue weighted by molar-refractivity contribution is 0.0945. The summed E-state index contributed by atoms with van der Waals surface area (Å²) in [7, 11) is 3.16. The molecule has 0 aliphatic rings. The van der Waals surface area contributed by atoms with Crippen LogP contribution in [0.2, 0.25) is 0 Å². The quantitative estimate of drug-likeness (QED) is 0.803. The molecule has 2 rings (SSSR count). The number of hydrogen-bond donors (Lipinski definition) is 2. The van der Waals surface area contributed by atoms with Crippen LogP contribution in [-0.4, -0.2) is 36.1 Å². The lowest BCUT2D eigenvalue weighted by Gasteiger charge is -2.12. The monoisotopic (exact) mass is 344 g/mol. The molecule has 0 radical (unpaired) electrons. The van der Waals surface area contributed by atoms with Crippen molar-refractivity contribution in [3.63, 3.8) is 0 Å². The molecule has 25 heavy (non-hydrogen) atoms. The van der Waals surface area contributed by atoms with E-state index in [1.165, 1.54) is 0 Å². The van der Waals surface area contributed by atoms with Crippen LogP contribution < -0.4 is 20.1 Å². The van der Waals surface area contributed by atoms with Crippen molar-refractivity contribution in [3.8, 4) is 11.5 Å². The van der Waals surface area contributed by atoms with Gasteiger partial charge < -0.3 is 20.1 Å². The highest BCUT2D eigenvalue weighted by Crippen LogP contribution is 2.27. The molecule has 2 N–H and O–H groups in total. The second-order valence-electron chi connectivity index (χ2n) is 5.89. The van der Waals surface area contributed by atoms with Gasteiger partial charge in [-0.15, -0.1) is 0 Å². The molecule has 0 spiro atoms. The van der Waals surface area contributed by atoms with Crippen LogP contribution in [0.3, 0.4) is 0 Å². The second kappa shape index (κ2) is 8.32. The first-order valence-electron chi connectivity index (χ1n) is 8.04. The first-order valence-corrected chi connectivity index (χ1v) is 8.04. The van der Waals surface area contributed by atoms with Crippen LogP contribution in [0.4, 0.5) is 5.95 Å². The van der Waals surface area contributed by atoms with Gasteiger partial charge in [0.25, 0.3) is 5.91 Å². The van der Waals surface area contributed by atoms with Crippen molar-refractivity contribution in [1.29, 1.82) is 0 Å². The van der Waals surface area contributed by atoms with Gasteiger partial charge in [0.05, 0.1) is 14.2 Å². The van der Waals surface area contributed by atoms with Gasteiger partial charge in [0, 0.05) is 18.3 Å². The van der Waals surface area contributed by atoms with Crippen LogP contribution >= 0.6 is 0 Å². The number of methoxy groups -OCH3 is 2. The topological polar surface area (TPSA) is 85.4 Å². The molecule has 1 aromatic carbocycles. The molecule has 7 heteroatoms. The van der Waals surface area contributed by atoms with Gasteiger partial charge in [-0.3, -0.25) is 4.79 Å². The molecule has 0 bridgehead atoms. The van der Waals surface area contributed by atoms with Crippen molar-refractivity contribution in [3.05, 3.63) is 41.2 Å². The molecule has 0 aliphatic carbocycles. The number of anilines is 1. The number of aryl methyl sites for hydroxylation is 1. The Bertz CT molecular complexity index is 747. The number of amides is 1. The van der Waals surface area contributed by atoms with E-state index in [1.54, 1.807) is 26.4 Å². The van der Waals surface area contributed by atoms with E-state index in [2.05, 4.69) is 20.6 Å². The Morgan fingerprint density at radius 2 is 1.84 bits per heavy atom. The Kier molecular flexibility index (Phi) is 6.16. The van der Waals surface area contributed by atoms with Gasteiger partial charge in [-0.2, -0.15) is 0 Å². The minimum atomic E-state index is -0.257. The highest BCUT2D eigenvalue weighted by atomic mass is 16.5. The van der Waals surface area contributed by atoms with E-state index in [4.69, 9.17) is 9.47 Å². The van der Waals surface area contributed by atoms with E-state index in [9.17, 15) is 4.79 Å². The fraction of sp³-hybridized carbons (Fsp3) is 0.389. The summed E-state index contributed by atoms with van der Waals surface area (Å²) in [6.07, 6.45) is 0. The maximum atomic E-state index is 12.4. The molecule has 0 saturated carbocycles. The Hall–Kier alpha value is -2.83. The third-order valence-corrected chi connectivity index (χ3v) is 3.41. The Morgan fingerprint density at radius 3 is 2.48 bits per heavy atom. The third kappa shape index (κ3) is 5.07. The number of ether oxygens (including phenoxy) is 2. The minimum Gasteiger partial charge on any atom is -0.493 e. The van der Waals surface area contributed by atoms with Crippen molar-refractivity contribution < 1.29 is 14.3 Å². The zero-order chi connectivity index (χ0) is 18.4. The van der Waals surface area contributed by atoms with Crippen LogP contribution in [0.1, 0.15) is 35.6 Å². The van der Waals surface area contributed by atoms with E-state index in [0.29, 0.717) is 29.7 Å². The number of benzene rings is 1. The molecule has 1 aromatic heterocycles. The van der Waals surface area contributed by atoms with Gasteiger partial charge in [-0.1, -0.05) is 6.07 Å². The zero-order valence-corrected chi connectivity index (χ0v) is 15.2. The fourth-order valence-electron chi connectivity index (χ4n) is 2.27. The van der Waals surface area contributed by atoms with Crippen molar-refractivity contribution in [2.24, 2.45) is 0 Å². The van der Waals surface area contributed by atoms with Crippen molar-refractivity contribution in [2.75, 3.05) is 19.5 Å². The summed E-state index contributed by atoms with van der Waals surface area (Å²) in [5.74, 6) is 1.46. The van der Waals surface area contributed by atoms with Crippen LogP contribution in [-0.2, 0) is 6.54 Å². The SMILES string of the molecule is COc1ccc(CNC(=O)c2cc(C)nc(NC(C)C)n2)cc1OC. The maximum absolute atomic E-state index is 12.4. The lowest BCUT2D eigenvalue weighted by Crippen LogP contribution is -2.25. The summed E-state index contributed by atoms with van der Waals surface area (Å²) in [5, 5.41) is 5.97. The number of nitrogens with zero attached hydrogens (tertiary/aromatic N) is 2. The van der Waals surface area contributed by atoms with Crippen LogP contribution in [0, 0.1) is 6.92 Å². The summed E-state index contributed by atoms with van der Waals surface area (Å²) in [4.78, 5) is 21.0. The third-order valence-electron chi connectivity index (χ3n) is 3.41. The zero-order valence-electron chi connectivity index (χ0n) is 15.2. The summed E-state index contributed by atoms with van der Waals surface area (Å²) in [6, 6.07) is 7.36. The van der Waals surface area contributed by atoms with Crippen LogP contribution in [0.25, 0.3) is 0 Å². The van der Waals surface area contributed by atoms with Crippen LogP contribution in [0.15, 0.2) is 24.3 Å². The number of aromatic nitrogens is 2. The summed E-state index contributed by atoms with van der Waals surface area (Å²) in [6.45, 7) is 6.17. The largest absolute Gasteiger partial charge is 0.493 e. The smallest absolute Gasteiger partial charge is 0.270 e. The summed E-state index contributed by atoms with van der Waals surface area (Å²) in [5.41, 5.74) is 1.96.